The normalized spacial score (nSPS) is 24.1. The van der Waals surface area contributed by atoms with Crippen LogP contribution in [0.2, 0.25) is 0 Å². The molecule has 1 atom stereocenters. The molecule has 11 nitrogen and oxygen atoms in total. The van der Waals surface area contributed by atoms with Crippen LogP contribution in [0.15, 0.2) is 29.2 Å². The Kier molecular flexibility index (Phi) is 5.75. The number of urea groups is 1. The number of imide groups is 1. The summed E-state index contributed by atoms with van der Waals surface area (Å²) in [6.07, 6.45) is 3.03. The number of rotatable bonds is 6. The van der Waals surface area contributed by atoms with Crippen molar-refractivity contribution in [1.29, 1.82) is 0 Å². The Morgan fingerprint density at radius 1 is 1.16 bits per heavy atom. The number of anilines is 1. The molecule has 4 amide bonds. The zero-order valence-corrected chi connectivity index (χ0v) is 18.8. The lowest BCUT2D eigenvalue weighted by Crippen LogP contribution is -2.44. The number of nitrogens with one attached hydrogen (secondary N) is 3. The van der Waals surface area contributed by atoms with Gasteiger partial charge < -0.3 is 10.6 Å². The van der Waals surface area contributed by atoms with Crippen LogP contribution in [0.5, 0.6) is 0 Å². The van der Waals surface area contributed by atoms with Gasteiger partial charge in [-0.2, -0.15) is 0 Å². The lowest BCUT2D eigenvalue weighted by molar-refractivity contribution is -0.133. The third-order valence-corrected chi connectivity index (χ3v) is 9.31. The second-order valence-electron chi connectivity index (χ2n) is 8.40. The van der Waals surface area contributed by atoms with E-state index in [1.54, 1.807) is 0 Å². The fourth-order valence-corrected chi connectivity index (χ4v) is 7.42. The van der Waals surface area contributed by atoms with Crippen LogP contribution >= 0.6 is 0 Å². The van der Waals surface area contributed by atoms with Crippen molar-refractivity contribution >= 4 is 43.4 Å². The summed E-state index contributed by atoms with van der Waals surface area (Å²) in [5.74, 6) is -1.26. The van der Waals surface area contributed by atoms with E-state index < -0.39 is 55.8 Å². The molecule has 1 aromatic rings. The third kappa shape index (κ3) is 4.50. The minimum absolute atomic E-state index is 0.0518. The van der Waals surface area contributed by atoms with Gasteiger partial charge in [-0.3, -0.25) is 14.5 Å². The predicted octanol–water partition coefficient (Wildman–Crippen LogP) is -0.0449. The first-order valence-corrected chi connectivity index (χ1v) is 13.6. The van der Waals surface area contributed by atoms with E-state index in [0.717, 1.165) is 17.7 Å². The third-order valence-electron chi connectivity index (χ3n) is 6.01. The molecule has 0 unspecified atom stereocenters. The second kappa shape index (κ2) is 8.12. The van der Waals surface area contributed by atoms with Crippen LogP contribution in [0.4, 0.5) is 10.5 Å². The number of amides is 4. The first-order chi connectivity index (χ1) is 15.0. The Bertz CT molecular complexity index is 1160. The molecule has 32 heavy (non-hydrogen) atoms. The Morgan fingerprint density at radius 2 is 1.81 bits per heavy atom. The standard InChI is InChI=1S/C19H24N4O7S2/c24-16(11-23-17(25)19(21-18(23)26)8-1-2-9-19)20-13-3-5-15(6-4-13)32(29,30)22-14-7-10-31(27,28)12-14/h3-6,14,22H,1-2,7-12H2,(H,20,24)(H,21,26)/t14-/m0/s1. The van der Waals surface area contributed by atoms with Gasteiger partial charge in [0, 0.05) is 11.7 Å². The molecule has 0 aromatic heterocycles. The molecule has 2 saturated heterocycles. The van der Waals surface area contributed by atoms with Gasteiger partial charge in [-0.25, -0.2) is 26.4 Å². The van der Waals surface area contributed by atoms with Gasteiger partial charge in [-0.1, -0.05) is 12.8 Å². The van der Waals surface area contributed by atoms with Crippen LogP contribution in [0.3, 0.4) is 0 Å². The molecule has 3 fully saturated rings. The summed E-state index contributed by atoms with van der Waals surface area (Å²) < 4.78 is 50.4. The van der Waals surface area contributed by atoms with E-state index in [4.69, 9.17) is 0 Å². The average molecular weight is 485 g/mol. The molecule has 2 heterocycles. The Labute approximate surface area is 185 Å². The van der Waals surface area contributed by atoms with Crippen LogP contribution in [0.1, 0.15) is 32.1 Å². The lowest BCUT2D eigenvalue weighted by atomic mass is 9.98. The van der Waals surface area contributed by atoms with Crippen molar-refractivity contribution < 1.29 is 31.2 Å². The van der Waals surface area contributed by atoms with Gasteiger partial charge in [0.1, 0.15) is 12.1 Å². The number of hydrogen-bond donors (Lipinski definition) is 3. The first-order valence-electron chi connectivity index (χ1n) is 10.3. The monoisotopic (exact) mass is 484 g/mol. The molecule has 1 spiro atoms. The van der Waals surface area contributed by atoms with Crippen LogP contribution in [0, 0.1) is 0 Å². The fourth-order valence-electron chi connectivity index (χ4n) is 4.37. The Hall–Kier alpha value is -2.51. The molecule has 3 N–H and O–H groups in total. The highest BCUT2D eigenvalue weighted by molar-refractivity contribution is 7.92. The van der Waals surface area contributed by atoms with E-state index in [2.05, 4.69) is 15.4 Å². The molecule has 1 saturated carbocycles. The topological polar surface area (TPSA) is 159 Å². The molecular weight excluding hydrogens is 460 g/mol. The summed E-state index contributed by atoms with van der Waals surface area (Å²) in [7, 11) is -7.14. The highest BCUT2D eigenvalue weighted by Gasteiger charge is 2.52. The van der Waals surface area contributed by atoms with Crippen molar-refractivity contribution in [1.82, 2.24) is 14.9 Å². The van der Waals surface area contributed by atoms with E-state index in [0.29, 0.717) is 18.5 Å². The SMILES string of the molecule is O=C(CN1C(=O)NC2(CCCC2)C1=O)Nc1ccc(S(=O)(=O)N[C@H]2CCS(=O)(=O)C2)cc1. The average Bonchev–Trinajstić information content (AvgIpc) is 3.37. The second-order valence-corrected chi connectivity index (χ2v) is 12.3. The van der Waals surface area contributed by atoms with Gasteiger partial charge in [0.25, 0.3) is 5.91 Å². The summed E-state index contributed by atoms with van der Waals surface area (Å²) in [4.78, 5) is 38.0. The van der Waals surface area contributed by atoms with Crippen molar-refractivity contribution in [3.05, 3.63) is 24.3 Å². The number of carbonyl (C=O) groups excluding carboxylic acids is 3. The molecule has 4 rings (SSSR count). The number of carbonyl (C=O) groups is 3. The molecule has 174 valence electrons. The van der Waals surface area contributed by atoms with Crippen LogP contribution in [-0.2, 0) is 29.4 Å². The largest absolute Gasteiger partial charge is 0.325 e. The van der Waals surface area contributed by atoms with Gasteiger partial charge in [-0.05, 0) is 43.5 Å². The van der Waals surface area contributed by atoms with E-state index in [1.807, 2.05) is 0 Å². The number of nitrogens with zero attached hydrogens (tertiary/aromatic N) is 1. The first kappa shape index (κ1) is 22.7. The van der Waals surface area contributed by atoms with E-state index in [9.17, 15) is 31.2 Å². The lowest BCUT2D eigenvalue weighted by Gasteiger charge is -2.19. The Balaban J connectivity index is 1.36. The smallest absolute Gasteiger partial charge is 0.325 e. The summed E-state index contributed by atoms with van der Waals surface area (Å²) >= 11 is 0. The van der Waals surface area contributed by atoms with E-state index >= 15 is 0 Å². The molecule has 1 aromatic carbocycles. The maximum atomic E-state index is 12.6. The van der Waals surface area contributed by atoms with Gasteiger partial charge in [-0.15, -0.1) is 0 Å². The Morgan fingerprint density at radius 3 is 2.41 bits per heavy atom. The zero-order chi connectivity index (χ0) is 23.1. The number of hydrogen-bond acceptors (Lipinski definition) is 7. The quantitative estimate of drug-likeness (QED) is 0.478. The molecule has 2 aliphatic heterocycles. The molecular formula is C19H24N4O7S2. The van der Waals surface area contributed by atoms with Crippen LogP contribution < -0.4 is 15.4 Å². The predicted molar refractivity (Wildman–Crippen MR) is 114 cm³/mol. The van der Waals surface area contributed by atoms with Crippen LogP contribution in [-0.4, -0.2) is 69.2 Å². The van der Waals surface area contributed by atoms with Crippen molar-refractivity contribution in [3.63, 3.8) is 0 Å². The molecule has 0 bridgehead atoms. The summed E-state index contributed by atoms with van der Waals surface area (Å²) in [6, 6.07) is 4.06. The maximum Gasteiger partial charge on any atom is 0.325 e. The fraction of sp³-hybridized carbons (Fsp3) is 0.526. The number of sulfonamides is 1. The maximum absolute atomic E-state index is 12.6. The van der Waals surface area contributed by atoms with E-state index in [-0.39, 0.29) is 22.8 Å². The van der Waals surface area contributed by atoms with Crippen molar-refractivity contribution in [3.8, 4) is 0 Å². The van der Waals surface area contributed by atoms with Gasteiger partial charge in [0.2, 0.25) is 15.9 Å². The van der Waals surface area contributed by atoms with Crippen LogP contribution in [0.25, 0.3) is 0 Å². The minimum Gasteiger partial charge on any atom is -0.325 e. The molecule has 13 heteroatoms. The molecule has 3 aliphatic rings. The van der Waals surface area contributed by atoms with Gasteiger partial charge >= 0.3 is 6.03 Å². The molecule has 0 radical (unpaired) electrons. The van der Waals surface area contributed by atoms with Gasteiger partial charge in [0.15, 0.2) is 9.84 Å². The van der Waals surface area contributed by atoms with E-state index in [1.165, 1.54) is 24.3 Å². The van der Waals surface area contributed by atoms with Crippen molar-refractivity contribution in [2.45, 2.75) is 48.6 Å². The summed E-state index contributed by atoms with van der Waals surface area (Å²) in [5.41, 5.74) is -0.598. The zero-order valence-electron chi connectivity index (χ0n) is 17.2. The highest BCUT2D eigenvalue weighted by atomic mass is 32.2. The summed E-state index contributed by atoms with van der Waals surface area (Å²) in [6.45, 7) is -0.440. The minimum atomic E-state index is -3.92. The van der Waals surface area contributed by atoms with Gasteiger partial charge in [0.05, 0.1) is 16.4 Å². The number of sulfone groups is 1. The summed E-state index contributed by atoms with van der Waals surface area (Å²) in [5, 5.41) is 5.25. The van der Waals surface area contributed by atoms with Crippen molar-refractivity contribution in [2.75, 3.05) is 23.4 Å². The highest BCUT2D eigenvalue weighted by Crippen LogP contribution is 2.34. The number of benzene rings is 1. The molecule has 1 aliphatic carbocycles. The van der Waals surface area contributed by atoms with Crippen molar-refractivity contribution in [2.24, 2.45) is 0 Å².